The van der Waals surface area contributed by atoms with Gasteiger partial charge in [0.2, 0.25) is 0 Å². The maximum absolute atomic E-state index is 12.2. The number of aliphatic imine (C=N–C) groups is 1. The number of ether oxygens (including phenoxy) is 2. The van der Waals surface area contributed by atoms with Crippen LogP contribution in [0.2, 0.25) is 0 Å². The van der Waals surface area contributed by atoms with Crippen LogP contribution in [0.4, 0.5) is 13.2 Å². The highest BCUT2D eigenvalue weighted by Crippen LogP contribution is 2.19. The van der Waals surface area contributed by atoms with Crippen LogP contribution < -0.4 is 20.1 Å². The molecule has 31 heavy (non-hydrogen) atoms. The van der Waals surface area contributed by atoms with Crippen LogP contribution in [0, 0.1) is 0 Å². The molecule has 1 atom stereocenters. The molecule has 1 unspecified atom stereocenters. The van der Waals surface area contributed by atoms with Gasteiger partial charge in [-0.3, -0.25) is 0 Å². The van der Waals surface area contributed by atoms with Gasteiger partial charge in [-0.2, -0.15) is 13.2 Å². The number of halogens is 4. The molecule has 0 saturated carbocycles. The van der Waals surface area contributed by atoms with Crippen LogP contribution in [-0.4, -0.2) is 44.0 Å². The predicted molar refractivity (Wildman–Crippen MR) is 124 cm³/mol. The number of guanidine groups is 1. The molecule has 2 aromatic carbocycles. The maximum atomic E-state index is 12.2. The van der Waals surface area contributed by atoms with Crippen molar-refractivity contribution in [3.63, 3.8) is 0 Å². The number of benzene rings is 2. The summed E-state index contributed by atoms with van der Waals surface area (Å²) in [4.78, 5) is 4.43. The van der Waals surface area contributed by atoms with Gasteiger partial charge >= 0.3 is 6.18 Å². The molecule has 0 fully saturated rings. The second kappa shape index (κ2) is 13.3. The fourth-order valence-corrected chi connectivity index (χ4v) is 2.51. The van der Waals surface area contributed by atoms with E-state index in [1.807, 2.05) is 6.92 Å². The van der Waals surface area contributed by atoms with E-state index >= 15 is 0 Å². The summed E-state index contributed by atoms with van der Waals surface area (Å²) in [6.45, 7) is 1.80. The number of hydrogen-bond acceptors (Lipinski definition) is 4. The lowest BCUT2D eigenvalue weighted by atomic mass is 10.1. The van der Waals surface area contributed by atoms with Gasteiger partial charge in [0.1, 0.15) is 11.5 Å². The van der Waals surface area contributed by atoms with Crippen molar-refractivity contribution in [1.82, 2.24) is 10.6 Å². The van der Waals surface area contributed by atoms with Crippen LogP contribution in [0.3, 0.4) is 0 Å². The molecule has 0 radical (unpaired) electrons. The van der Waals surface area contributed by atoms with Gasteiger partial charge in [0, 0.05) is 13.1 Å². The van der Waals surface area contributed by atoms with Gasteiger partial charge in [0.25, 0.3) is 0 Å². The van der Waals surface area contributed by atoms with Crippen molar-refractivity contribution >= 4 is 29.9 Å². The van der Waals surface area contributed by atoms with Gasteiger partial charge in [0.15, 0.2) is 12.6 Å². The van der Waals surface area contributed by atoms with Crippen LogP contribution >= 0.6 is 24.0 Å². The third kappa shape index (κ3) is 10.1. The van der Waals surface area contributed by atoms with Crippen LogP contribution in [0.1, 0.15) is 24.2 Å². The van der Waals surface area contributed by atoms with E-state index in [4.69, 9.17) is 4.74 Å². The number of nitrogens with zero attached hydrogens (tertiary/aromatic N) is 1. The van der Waals surface area contributed by atoms with E-state index in [0.29, 0.717) is 24.8 Å². The molecule has 2 aromatic rings. The Morgan fingerprint density at radius 3 is 2.19 bits per heavy atom. The second-order valence-electron chi connectivity index (χ2n) is 6.41. The number of hydrogen-bond donors (Lipinski definition) is 3. The Bertz CT molecular complexity index is 800. The molecule has 0 aliphatic rings. The van der Waals surface area contributed by atoms with Crippen molar-refractivity contribution in [1.29, 1.82) is 0 Å². The zero-order chi connectivity index (χ0) is 22.0. The van der Waals surface area contributed by atoms with Crippen molar-refractivity contribution < 1.29 is 27.8 Å². The van der Waals surface area contributed by atoms with E-state index in [0.717, 1.165) is 11.1 Å². The minimum Gasteiger partial charge on any atom is -0.497 e. The molecule has 172 valence electrons. The first-order chi connectivity index (χ1) is 14.3. The van der Waals surface area contributed by atoms with E-state index in [1.165, 1.54) is 12.1 Å². The van der Waals surface area contributed by atoms with Crippen LogP contribution in [0.15, 0.2) is 53.5 Å². The molecule has 10 heteroatoms. The van der Waals surface area contributed by atoms with Crippen LogP contribution in [0.5, 0.6) is 11.5 Å². The van der Waals surface area contributed by atoms with E-state index in [9.17, 15) is 18.3 Å². The lowest BCUT2D eigenvalue weighted by molar-refractivity contribution is -0.153. The summed E-state index contributed by atoms with van der Waals surface area (Å²) in [6.07, 6.45) is -5.10. The first kappa shape index (κ1) is 26.8. The topological polar surface area (TPSA) is 75.1 Å². The Hall–Kier alpha value is -2.21. The van der Waals surface area contributed by atoms with E-state index in [2.05, 4.69) is 20.4 Å². The SMILES string of the molecule is CCNC(=NCc1ccc(OCC(F)(F)F)cc1)NCC(O)c1ccc(OC)cc1.I. The van der Waals surface area contributed by atoms with Crippen molar-refractivity contribution in [2.75, 3.05) is 26.8 Å². The van der Waals surface area contributed by atoms with Gasteiger partial charge in [-0.1, -0.05) is 24.3 Å². The molecular formula is C21H27F3IN3O3. The average Bonchev–Trinajstić information content (AvgIpc) is 2.74. The van der Waals surface area contributed by atoms with Crippen LogP contribution in [0.25, 0.3) is 0 Å². The first-order valence-corrected chi connectivity index (χ1v) is 9.43. The molecule has 0 bridgehead atoms. The largest absolute Gasteiger partial charge is 0.497 e. The van der Waals surface area contributed by atoms with Crippen molar-refractivity contribution in [2.24, 2.45) is 4.99 Å². The minimum absolute atomic E-state index is 0. The van der Waals surface area contributed by atoms with Gasteiger partial charge in [0.05, 0.1) is 19.8 Å². The Morgan fingerprint density at radius 2 is 1.65 bits per heavy atom. The molecule has 6 nitrogen and oxygen atoms in total. The van der Waals surface area contributed by atoms with Crippen LogP contribution in [-0.2, 0) is 6.54 Å². The summed E-state index contributed by atoms with van der Waals surface area (Å²) in [5, 5.41) is 16.5. The number of aliphatic hydroxyl groups excluding tert-OH is 1. The molecule has 0 spiro atoms. The highest BCUT2D eigenvalue weighted by Gasteiger charge is 2.28. The smallest absolute Gasteiger partial charge is 0.422 e. The van der Waals surface area contributed by atoms with Crippen molar-refractivity contribution in [3.05, 3.63) is 59.7 Å². The van der Waals surface area contributed by atoms with Gasteiger partial charge in [-0.15, -0.1) is 24.0 Å². The molecule has 3 N–H and O–H groups in total. The lowest BCUT2D eigenvalue weighted by Crippen LogP contribution is -2.39. The molecule has 0 aliphatic heterocycles. The average molecular weight is 553 g/mol. The zero-order valence-electron chi connectivity index (χ0n) is 17.3. The Kier molecular flexibility index (Phi) is 11.5. The summed E-state index contributed by atoms with van der Waals surface area (Å²) < 4.78 is 46.4. The fourth-order valence-electron chi connectivity index (χ4n) is 2.51. The van der Waals surface area contributed by atoms with Crippen molar-refractivity contribution in [2.45, 2.75) is 25.7 Å². The second-order valence-corrected chi connectivity index (χ2v) is 6.41. The van der Waals surface area contributed by atoms with Gasteiger partial charge in [-0.05, 0) is 42.3 Å². The first-order valence-electron chi connectivity index (χ1n) is 9.43. The maximum Gasteiger partial charge on any atom is 0.422 e. The van der Waals surface area contributed by atoms with Gasteiger partial charge < -0.3 is 25.2 Å². The number of nitrogens with one attached hydrogen (secondary N) is 2. The van der Waals surface area contributed by atoms with E-state index < -0.39 is 18.9 Å². The highest BCUT2D eigenvalue weighted by molar-refractivity contribution is 14.0. The minimum atomic E-state index is -4.37. The molecule has 2 rings (SSSR count). The molecule has 0 heterocycles. The van der Waals surface area contributed by atoms with E-state index in [-0.39, 0.29) is 36.3 Å². The Balaban J connectivity index is 0.00000480. The number of methoxy groups -OCH3 is 1. The Morgan fingerprint density at radius 1 is 1.03 bits per heavy atom. The zero-order valence-corrected chi connectivity index (χ0v) is 19.6. The Labute approximate surface area is 196 Å². The normalized spacial score (nSPS) is 12.5. The molecule has 0 amide bonds. The summed E-state index contributed by atoms with van der Waals surface area (Å²) in [6, 6.07) is 13.4. The molecule has 0 aromatic heterocycles. The monoisotopic (exact) mass is 553 g/mol. The van der Waals surface area contributed by atoms with E-state index in [1.54, 1.807) is 43.5 Å². The summed E-state index contributed by atoms with van der Waals surface area (Å²) in [5.41, 5.74) is 1.55. The number of rotatable bonds is 9. The third-order valence-corrected chi connectivity index (χ3v) is 4.05. The quantitative estimate of drug-likeness (QED) is 0.249. The predicted octanol–water partition coefficient (Wildman–Crippen LogP) is 4.04. The number of aliphatic hydroxyl groups is 1. The summed E-state index contributed by atoms with van der Waals surface area (Å²) in [7, 11) is 1.58. The third-order valence-electron chi connectivity index (χ3n) is 4.05. The fraction of sp³-hybridized carbons (Fsp3) is 0.381. The number of alkyl halides is 3. The highest BCUT2D eigenvalue weighted by atomic mass is 127. The lowest BCUT2D eigenvalue weighted by Gasteiger charge is -2.16. The molecule has 0 saturated heterocycles. The van der Waals surface area contributed by atoms with Crippen molar-refractivity contribution in [3.8, 4) is 11.5 Å². The summed E-state index contributed by atoms with van der Waals surface area (Å²) in [5.74, 6) is 1.37. The van der Waals surface area contributed by atoms with Gasteiger partial charge in [-0.25, -0.2) is 4.99 Å². The summed E-state index contributed by atoms with van der Waals surface area (Å²) >= 11 is 0. The standard InChI is InChI=1S/C21H26F3N3O3.HI/c1-3-25-20(27-13-19(28)16-6-10-17(29-2)11-7-16)26-12-15-4-8-18(9-5-15)30-14-21(22,23)24;/h4-11,19,28H,3,12-14H2,1-2H3,(H2,25,26,27);1H. The molecule has 0 aliphatic carbocycles. The molecular weight excluding hydrogens is 526 g/mol.